The maximum absolute atomic E-state index is 11.8. The van der Waals surface area contributed by atoms with Crippen molar-refractivity contribution in [2.24, 2.45) is 0 Å². The second-order valence-corrected chi connectivity index (χ2v) is 4.27. The number of amides is 1. The summed E-state index contributed by atoms with van der Waals surface area (Å²) in [6.07, 6.45) is 0.0545. The smallest absolute Gasteiger partial charge is 0.335 e. The summed E-state index contributed by atoms with van der Waals surface area (Å²) >= 11 is 0. The lowest BCUT2D eigenvalue weighted by atomic mass is 10.0. The lowest BCUT2D eigenvalue weighted by molar-refractivity contribution is -0.121. The van der Waals surface area contributed by atoms with Crippen LogP contribution in [0.15, 0.2) is 24.3 Å². The molecule has 0 radical (unpaired) electrons. The van der Waals surface area contributed by atoms with Crippen LogP contribution in [0.4, 0.5) is 0 Å². The zero-order chi connectivity index (χ0) is 14.3. The highest BCUT2D eigenvalue weighted by Crippen LogP contribution is 2.09. The zero-order valence-electron chi connectivity index (χ0n) is 11.2. The van der Waals surface area contributed by atoms with Gasteiger partial charge >= 0.3 is 5.97 Å². The topological polar surface area (TPSA) is 75.6 Å². The molecular weight excluding hydrogens is 246 g/mol. The van der Waals surface area contributed by atoms with Crippen LogP contribution in [0.3, 0.4) is 0 Å². The predicted octanol–water partition coefficient (Wildman–Crippen LogP) is 1.47. The van der Waals surface area contributed by atoms with Crippen LogP contribution in [-0.2, 0) is 16.0 Å². The van der Waals surface area contributed by atoms with E-state index in [1.165, 1.54) is 6.07 Å². The highest BCUT2D eigenvalue weighted by molar-refractivity contribution is 5.91. The lowest BCUT2D eigenvalue weighted by Gasteiger charge is -2.14. The molecule has 2 N–H and O–H groups in total. The number of rotatable bonds is 7. The van der Waals surface area contributed by atoms with E-state index in [0.717, 1.165) is 0 Å². The van der Waals surface area contributed by atoms with Crippen LogP contribution < -0.4 is 5.32 Å². The molecule has 1 atom stereocenters. The monoisotopic (exact) mass is 265 g/mol. The van der Waals surface area contributed by atoms with Gasteiger partial charge in [-0.3, -0.25) is 4.79 Å². The third-order valence-corrected chi connectivity index (χ3v) is 2.58. The third kappa shape index (κ3) is 5.09. The van der Waals surface area contributed by atoms with Crippen molar-refractivity contribution in [1.82, 2.24) is 5.32 Å². The van der Waals surface area contributed by atoms with Gasteiger partial charge in [-0.2, -0.15) is 0 Å². The SMILES string of the molecule is CCOCC(C)NC(=O)Cc1ccccc1C(=O)O. The highest BCUT2D eigenvalue weighted by Gasteiger charge is 2.13. The molecule has 1 unspecified atom stereocenters. The van der Waals surface area contributed by atoms with Gasteiger partial charge in [0.25, 0.3) is 0 Å². The van der Waals surface area contributed by atoms with E-state index < -0.39 is 5.97 Å². The van der Waals surface area contributed by atoms with Crippen molar-refractivity contribution in [1.29, 1.82) is 0 Å². The van der Waals surface area contributed by atoms with E-state index in [0.29, 0.717) is 18.8 Å². The van der Waals surface area contributed by atoms with Gasteiger partial charge in [-0.1, -0.05) is 18.2 Å². The standard InChI is InChI=1S/C14H19NO4/c1-3-19-9-10(2)15-13(16)8-11-6-4-5-7-12(11)14(17)18/h4-7,10H,3,8-9H2,1-2H3,(H,15,16)(H,17,18). The Labute approximate surface area is 112 Å². The molecule has 5 nitrogen and oxygen atoms in total. The fourth-order valence-corrected chi connectivity index (χ4v) is 1.72. The maximum atomic E-state index is 11.8. The van der Waals surface area contributed by atoms with Crippen molar-refractivity contribution in [3.8, 4) is 0 Å². The van der Waals surface area contributed by atoms with Crippen molar-refractivity contribution >= 4 is 11.9 Å². The largest absolute Gasteiger partial charge is 0.478 e. The van der Waals surface area contributed by atoms with Crippen LogP contribution >= 0.6 is 0 Å². The van der Waals surface area contributed by atoms with Gasteiger partial charge < -0.3 is 15.2 Å². The lowest BCUT2D eigenvalue weighted by Crippen LogP contribution is -2.37. The summed E-state index contributed by atoms with van der Waals surface area (Å²) in [7, 11) is 0. The van der Waals surface area contributed by atoms with Gasteiger partial charge in [0, 0.05) is 12.6 Å². The maximum Gasteiger partial charge on any atom is 0.335 e. The molecule has 1 amide bonds. The molecule has 1 aromatic rings. The summed E-state index contributed by atoms with van der Waals surface area (Å²) in [4.78, 5) is 22.8. The molecule has 0 aliphatic heterocycles. The molecule has 0 fully saturated rings. The molecule has 0 aromatic heterocycles. The van der Waals surface area contributed by atoms with Crippen molar-refractivity contribution in [3.63, 3.8) is 0 Å². The molecule has 0 heterocycles. The quantitative estimate of drug-likeness (QED) is 0.782. The Morgan fingerprint density at radius 1 is 1.37 bits per heavy atom. The summed E-state index contributed by atoms with van der Waals surface area (Å²) in [6.45, 7) is 4.78. The first-order valence-electron chi connectivity index (χ1n) is 6.23. The van der Waals surface area contributed by atoms with Crippen molar-refractivity contribution in [3.05, 3.63) is 35.4 Å². The number of carboxylic acids is 1. The van der Waals surface area contributed by atoms with E-state index >= 15 is 0 Å². The molecule has 0 saturated heterocycles. The number of carboxylic acid groups (broad SMARTS) is 1. The summed E-state index contributed by atoms with van der Waals surface area (Å²) < 4.78 is 5.20. The number of nitrogens with one attached hydrogen (secondary N) is 1. The average molecular weight is 265 g/mol. The molecule has 19 heavy (non-hydrogen) atoms. The number of hydrogen-bond donors (Lipinski definition) is 2. The van der Waals surface area contributed by atoms with Crippen LogP contribution in [0, 0.1) is 0 Å². The fourth-order valence-electron chi connectivity index (χ4n) is 1.72. The average Bonchev–Trinajstić information content (AvgIpc) is 2.36. The Kier molecular flexibility index (Phi) is 6.02. The van der Waals surface area contributed by atoms with E-state index in [1.807, 2.05) is 13.8 Å². The molecular formula is C14H19NO4. The molecule has 0 saturated carbocycles. The highest BCUT2D eigenvalue weighted by atomic mass is 16.5. The molecule has 104 valence electrons. The number of carbonyl (C=O) groups excluding carboxylic acids is 1. The van der Waals surface area contributed by atoms with Gasteiger partial charge in [-0.25, -0.2) is 4.79 Å². The Morgan fingerprint density at radius 2 is 2.05 bits per heavy atom. The first kappa shape index (κ1) is 15.2. The van der Waals surface area contributed by atoms with Crippen LogP contribution in [0.2, 0.25) is 0 Å². The van der Waals surface area contributed by atoms with Crippen LogP contribution in [0.25, 0.3) is 0 Å². The Balaban J connectivity index is 2.60. The third-order valence-electron chi connectivity index (χ3n) is 2.58. The number of aromatic carboxylic acids is 1. The van der Waals surface area contributed by atoms with E-state index in [1.54, 1.807) is 18.2 Å². The number of benzene rings is 1. The minimum atomic E-state index is -1.02. The fraction of sp³-hybridized carbons (Fsp3) is 0.429. The number of hydrogen-bond acceptors (Lipinski definition) is 3. The van der Waals surface area contributed by atoms with Crippen LogP contribution in [0.5, 0.6) is 0 Å². The van der Waals surface area contributed by atoms with E-state index in [2.05, 4.69) is 5.32 Å². The van der Waals surface area contributed by atoms with Crippen LogP contribution in [-0.4, -0.2) is 36.2 Å². The minimum Gasteiger partial charge on any atom is -0.478 e. The van der Waals surface area contributed by atoms with E-state index in [-0.39, 0.29) is 23.9 Å². The summed E-state index contributed by atoms with van der Waals surface area (Å²) in [6, 6.07) is 6.41. The van der Waals surface area contributed by atoms with Crippen molar-refractivity contribution in [2.75, 3.05) is 13.2 Å². The molecule has 1 rings (SSSR count). The molecule has 0 bridgehead atoms. The zero-order valence-corrected chi connectivity index (χ0v) is 11.2. The van der Waals surface area contributed by atoms with Crippen molar-refractivity contribution in [2.45, 2.75) is 26.3 Å². The van der Waals surface area contributed by atoms with Gasteiger partial charge in [-0.05, 0) is 25.5 Å². The van der Waals surface area contributed by atoms with Gasteiger partial charge in [0.15, 0.2) is 0 Å². The van der Waals surface area contributed by atoms with Gasteiger partial charge in [-0.15, -0.1) is 0 Å². The molecule has 0 aliphatic carbocycles. The Hall–Kier alpha value is -1.88. The Morgan fingerprint density at radius 3 is 2.68 bits per heavy atom. The second kappa shape index (κ2) is 7.53. The van der Waals surface area contributed by atoms with Gasteiger partial charge in [0.2, 0.25) is 5.91 Å². The molecule has 5 heteroatoms. The van der Waals surface area contributed by atoms with E-state index in [9.17, 15) is 9.59 Å². The molecule has 0 aliphatic rings. The summed E-state index contributed by atoms with van der Waals surface area (Å²) in [5.41, 5.74) is 0.672. The van der Waals surface area contributed by atoms with Gasteiger partial charge in [0.1, 0.15) is 0 Å². The predicted molar refractivity (Wildman–Crippen MR) is 71.2 cm³/mol. The van der Waals surface area contributed by atoms with Gasteiger partial charge in [0.05, 0.1) is 18.6 Å². The first-order valence-corrected chi connectivity index (χ1v) is 6.23. The minimum absolute atomic E-state index is 0.0545. The second-order valence-electron chi connectivity index (χ2n) is 4.27. The summed E-state index contributed by atoms with van der Waals surface area (Å²) in [5.74, 6) is -1.23. The summed E-state index contributed by atoms with van der Waals surface area (Å²) in [5, 5.41) is 11.8. The number of carbonyl (C=O) groups is 2. The first-order chi connectivity index (χ1) is 9.04. The normalized spacial score (nSPS) is 11.9. The molecule has 0 spiro atoms. The van der Waals surface area contributed by atoms with Crippen LogP contribution in [0.1, 0.15) is 29.8 Å². The van der Waals surface area contributed by atoms with E-state index in [4.69, 9.17) is 9.84 Å². The van der Waals surface area contributed by atoms with Crippen molar-refractivity contribution < 1.29 is 19.4 Å². The molecule has 1 aromatic carbocycles. The number of ether oxygens (including phenoxy) is 1. The Bertz CT molecular complexity index is 445.